The molecule has 6 heteroatoms. The molecule has 0 spiro atoms. The molecule has 0 aromatic heterocycles. The van der Waals surface area contributed by atoms with E-state index in [9.17, 15) is 8.78 Å². The smallest absolute Gasteiger partial charge is 0.133 e. The highest BCUT2D eigenvalue weighted by molar-refractivity contribution is 7.80. The van der Waals surface area contributed by atoms with E-state index in [-0.39, 0.29) is 10.6 Å². The van der Waals surface area contributed by atoms with E-state index in [2.05, 4.69) is 5.43 Å². The predicted octanol–water partition coefficient (Wildman–Crippen LogP) is 1.89. The first kappa shape index (κ1) is 10.3. The maximum atomic E-state index is 13.0. The zero-order valence-corrected chi connectivity index (χ0v) is 7.85. The van der Waals surface area contributed by atoms with Crippen molar-refractivity contribution in [3.05, 3.63) is 35.4 Å². The van der Waals surface area contributed by atoms with Crippen LogP contribution in [-0.2, 0) is 0 Å². The molecule has 2 nitrogen and oxygen atoms in total. The number of hydrazine groups is 1. The molecule has 0 bridgehead atoms. The molecule has 1 aromatic carbocycles. The lowest BCUT2D eigenvalue weighted by atomic mass is 10.2. The number of thiocarbonyl (C=S) groups is 1. The van der Waals surface area contributed by atoms with Crippen LogP contribution in [0.4, 0.5) is 8.78 Å². The summed E-state index contributed by atoms with van der Waals surface area (Å²) in [6.45, 7) is 0. The first-order valence-corrected chi connectivity index (χ1v) is 4.05. The van der Waals surface area contributed by atoms with Gasteiger partial charge in [-0.15, -0.1) is 4.94 Å². The molecule has 0 heterocycles. The minimum Gasteiger partial charge on any atom is -0.297 e. The maximum absolute atomic E-state index is 13.0. The van der Waals surface area contributed by atoms with Gasteiger partial charge in [0.05, 0.1) is 0 Å². The van der Waals surface area contributed by atoms with Gasteiger partial charge in [0.1, 0.15) is 16.6 Å². The third-order valence-electron chi connectivity index (χ3n) is 1.33. The van der Waals surface area contributed by atoms with E-state index < -0.39 is 11.6 Å². The lowest BCUT2D eigenvalue weighted by Crippen LogP contribution is -2.30. The summed E-state index contributed by atoms with van der Waals surface area (Å²) < 4.78 is 25.6. The number of hydrogen-bond acceptors (Lipinski definition) is 2. The van der Waals surface area contributed by atoms with E-state index in [1.165, 1.54) is 0 Å². The Morgan fingerprint density at radius 1 is 1.38 bits per heavy atom. The van der Waals surface area contributed by atoms with Crippen molar-refractivity contribution in [1.82, 2.24) is 10.4 Å². The number of benzene rings is 1. The highest BCUT2D eigenvalue weighted by Crippen LogP contribution is 2.09. The second-order valence-electron chi connectivity index (χ2n) is 2.17. The van der Waals surface area contributed by atoms with Crippen LogP contribution in [0.1, 0.15) is 5.56 Å². The molecule has 0 aliphatic rings. The van der Waals surface area contributed by atoms with Gasteiger partial charge in [-0.3, -0.25) is 5.43 Å². The lowest BCUT2D eigenvalue weighted by Gasteiger charge is -2.05. The quantitative estimate of drug-likeness (QED) is 0.454. The molecule has 0 amide bonds. The Morgan fingerprint density at radius 3 is 2.69 bits per heavy atom. The first-order valence-electron chi connectivity index (χ1n) is 3.26. The standard InChI is InChI=1S/C7H5ClF2N2S/c8-12-11-7(13)5-3-4(9)1-2-6(5)10/h1-3,12H,(H,11,13). The summed E-state index contributed by atoms with van der Waals surface area (Å²) in [4.78, 5) is 2.00. The van der Waals surface area contributed by atoms with Gasteiger partial charge < -0.3 is 0 Å². The van der Waals surface area contributed by atoms with Crippen molar-refractivity contribution in [3.63, 3.8) is 0 Å². The average Bonchev–Trinajstić information content (AvgIpc) is 2.09. The number of rotatable bonds is 2. The minimum atomic E-state index is -0.606. The molecule has 0 unspecified atom stereocenters. The topological polar surface area (TPSA) is 24.1 Å². The van der Waals surface area contributed by atoms with Crippen molar-refractivity contribution in [2.75, 3.05) is 0 Å². The van der Waals surface area contributed by atoms with Crippen molar-refractivity contribution in [2.45, 2.75) is 0 Å². The Bertz CT molecular complexity index is 332. The van der Waals surface area contributed by atoms with Crippen molar-refractivity contribution in [1.29, 1.82) is 0 Å². The summed E-state index contributed by atoms with van der Waals surface area (Å²) in [7, 11) is 0. The van der Waals surface area contributed by atoms with Crippen LogP contribution in [0, 0.1) is 11.6 Å². The van der Waals surface area contributed by atoms with Gasteiger partial charge in [0.15, 0.2) is 0 Å². The van der Waals surface area contributed by atoms with Crippen molar-refractivity contribution >= 4 is 29.0 Å². The Labute approximate surface area is 84.0 Å². The highest BCUT2D eigenvalue weighted by atomic mass is 35.5. The van der Waals surface area contributed by atoms with E-state index in [1.807, 2.05) is 4.94 Å². The Kier molecular flexibility index (Phi) is 3.53. The van der Waals surface area contributed by atoms with Gasteiger partial charge in [0.25, 0.3) is 0 Å². The van der Waals surface area contributed by atoms with Crippen LogP contribution in [0.2, 0.25) is 0 Å². The third kappa shape index (κ3) is 2.58. The lowest BCUT2D eigenvalue weighted by molar-refractivity contribution is 0.597. The summed E-state index contributed by atoms with van der Waals surface area (Å²) in [5, 5.41) is 0. The molecule has 0 atom stereocenters. The van der Waals surface area contributed by atoms with Crippen LogP contribution >= 0.6 is 24.0 Å². The van der Waals surface area contributed by atoms with E-state index in [1.54, 1.807) is 0 Å². The molecule has 1 aromatic rings. The van der Waals surface area contributed by atoms with E-state index in [0.29, 0.717) is 0 Å². The molecule has 0 aliphatic heterocycles. The van der Waals surface area contributed by atoms with E-state index >= 15 is 0 Å². The normalized spacial score (nSPS) is 9.77. The number of halogens is 3. The van der Waals surface area contributed by atoms with Gasteiger partial charge in [-0.05, 0) is 30.0 Å². The SMILES string of the molecule is Fc1ccc(F)c(C(=S)NNCl)c1. The van der Waals surface area contributed by atoms with E-state index in [4.69, 9.17) is 24.0 Å². The Hall–Kier alpha value is -0.780. The number of hydrogen-bond donors (Lipinski definition) is 2. The second kappa shape index (κ2) is 4.45. The molecular formula is C7H5ClF2N2S. The molecule has 70 valence electrons. The zero-order chi connectivity index (χ0) is 9.84. The third-order valence-corrected chi connectivity index (χ3v) is 1.75. The highest BCUT2D eigenvalue weighted by Gasteiger charge is 2.07. The summed E-state index contributed by atoms with van der Waals surface area (Å²) in [6, 6.07) is 2.99. The first-order chi connectivity index (χ1) is 6.15. The van der Waals surface area contributed by atoms with E-state index in [0.717, 1.165) is 18.2 Å². The Morgan fingerprint density at radius 2 is 2.08 bits per heavy atom. The van der Waals surface area contributed by atoms with Gasteiger partial charge >= 0.3 is 0 Å². The van der Waals surface area contributed by atoms with Crippen molar-refractivity contribution in [3.8, 4) is 0 Å². The van der Waals surface area contributed by atoms with Crippen LogP contribution in [0.15, 0.2) is 18.2 Å². The molecule has 13 heavy (non-hydrogen) atoms. The summed E-state index contributed by atoms with van der Waals surface area (Å²) >= 11 is 9.78. The van der Waals surface area contributed by atoms with Crippen LogP contribution in [0.5, 0.6) is 0 Å². The second-order valence-corrected chi connectivity index (χ2v) is 2.77. The fraction of sp³-hybridized carbons (Fsp3) is 0. The maximum Gasteiger partial charge on any atom is 0.133 e. The van der Waals surface area contributed by atoms with Crippen LogP contribution in [0.3, 0.4) is 0 Å². The minimum absolute atomic E-state index is 0.00741. The molecule has 0 aliphatic carbocycles. The van der Waals surface area contributed by atoms with Gasteiger partial charge in [-0.2, -0.15) is 0 Å². The molecular weight excluding hydrogens is 218 g/mol. The molecule has 0 fully saturated rings. The largest absolute Gasteiger partial charge is 0.297 e. The fourth-order valence-electron chi connectivity index (χ4n) is 0.782. The van der Waals surface area contributed by atoms with Crippen LogP contribution < -0.4 is 10.4 Å². The molecule has 0 radical (unpaired) electrons. The van der Waals surface area contributed by atoms with Gasteiger partial charge in [-0.1, -0.05) is 12.2 Å². The summed E-state index contributed by atoms with van der Waals surface area (Å²) in [5.74, 6) is -1.17. The Balaban J connectivity index is 2.99. The van der Waals surface area contributed by atoms with Crippen molar-refractivity contribution in [2.24, 2.45) is 0 Å². The molecule has 2 N–H and O–H groups in total. The predicted molar refractivity (Wildman–Crippen MR) is 50.2 cm³/mol. The van der Waals surface area contributed by atoms with Crippen LogP contribution in [-0.4, -0.2) is 4.99 Å². The molecule has 1 rings (SSSR count). The summed E-state index contributed by atoms with van der Waals surface area (Å²) in [5.41, 5.74) is 2.23. The van der Waals surface area contributed by atoms with Gasteiger partial charge in [0, 0.05) is 5.56 Å². The average molecular weight is 223 g/mol. The zero-order valence-electron chi connectivity index (χ0n) is 6.27. The van der Waals surface area contributed by atoms with Gasteiger partial charge in [-0.25, -0.2) is 8.78 Å². The summed E-state index contributed by atoms with van der Waals surface area (Å²) in [6.07, 6.45) is 0. The molecule has 0 saturated heterocycles. The van der Waals surface area contributed by atoms with Crippen LogP contribution in [0.25, 0.3) is 0 Å². The van der Waals surface area contributed by atoms with Gasteiger partial charge in [0.2, 0.25) is 0 Å². The molecule has 0 saturated carbocycles. The van der Waals surface area contributed by atoms with Crippen molar-refractivity contribution < 1.29 is 8.78 Å². The monoisotopic (exact) mass is 222 g/mol. The fourth-order valence-corrected chi connectivity index (χ4v) is 1.14. The number of nitrogens with one attached hydrogen (secondary N) is 2.